The first-order valence-electron chi connectivity index (χ1n) is 9.23. The smallest absolute Gasteiger partial charge is 0.147 e. The molecule has 1 aromatic heterocycles. The van der Waals surface area contributed by atoms with Gasteiger partial charge in [-0.15, -0.1) is 0 Å². The van der Waals surface area contributed by atoms with Crippen molar-refractivity contribution in [2.45, 2.75) is 60.8 Å². The zero-order valence-electron chi connectivity index (χ0n) is 18.5. The maximum Gasteiger partial charge on any atom is 0.147 e. The van der Waals surface area contributed by atoms with Gasteiger partial charge in [0.25, 0.3) is 0 Å². The first-order chi connectivity index (χ1) is 12.0. The molecule has 3 radical (unpaired) electrons. The second-order valence-corrected chi connectivity index (χ2v) is 8.24. The maximum atomic E-state index is 4.68. The van der Waals surface area contributed by atoms with E-state index in [4.69, 9.17) is 0 Å². The molecule has 0 saturated heterocycles. The summed E-state index contributed by atoms with van der Waals surface area (Å²) in [6.45, 7) is 19.5. The monoisotopic (exact) mass is 579 g/mol. The summed E-state index contributed by atoms with van der Waals surface area (Å²) in [7, 11) is 2.00. The first kappa shape index (κ1) is 26.9. The van der Waals surface area contributed by atoms with E-state index in [1.807, 2.05) is 42.0 Å². The topological polar surface area (TPSA) is 19.4 Å². The van der Waals surface area contributed by atoms with Crippen LogP contribution in [-0.4, -0.2) is 16.9 Å². The largest absolute Gasteiger partial charge is 1.00 e. The van der Waals surface area contributed by atoms with Gasteiger partial charge in [0.15, 0.2) is 0 Å². The van der Waals surface area contributed by atoms with Gasteiger partial charge in [-0.1, -0.05) is 44.9 Å². The van der Waals surface area contributed by atoms with Crippen LogP contribution < -0.4 is 17.3 Å². The van der Waals surface area contributed by atoms with Crippen LogP contribution in [-0.2, 0) is 25.5 Å². The van der Waals surface area contributed by atoms with Crippen molar-refractivity contribution >= 4 is 5.82 Å². The van der Waals surface area contributed by atoms with Gasteiger partial charge in [-0.3, -0.25) is 0 Å². The van der Waals surface area contributed by atoms with E-state index < -0.39 is 0 Å². The number of halogens is 1. The Labute approximate surface area is 191 Å². The van der Waals surface area contributed by atoms with E-state index in [1.54, 1.807) is 0 Å². The summed E-state index contributed by atoms with van der Waals surface area (Å²) in [5.74, 6) is 2.43. The van der Waals surface area contributed by atoms with Crippen molar-refractivity contribution in [3.63, 3.8) is 0 Å². The molecule has 0 spiro atoms. The van der Waals surface area contributed by atoms with Crippen LogP contribution in [0.25, 0.3) is 0 Å². The summed E-state index contributed by atoms with van der Waals surface area (Å²) in [6, 6.07) is 6.16. The molecule has 3 rings (SSSR count). The van der Waals surface area contributed by atoms with E-state index in [0.29, 0.717) is 0 Å². The van der Waals surface area contributed by atoms with Crippen LogP contribution in [0, 0.1) is 12.6 Å². The fourth-order valence-electron chi connectivity index (χ4n) is 2.98. The summed E-state index contributed by atoms with van der Waals surface area (Å²) in [6.07, 6.45) is 4.01. The number of nitrogens with zero attached hydrogens (tertiary/aromatic N) is 3. The Hall–Kier alpha value is -1.09. The predicted octanol–water partition coefficient (Wildman–Crippen LogP) is 2.99. The molecule has 0 N–H and O–H groups in total. The number of hydrogen-bond acceptors (Lipinski definition) is 3. The number of rotatable bonds is 1. The van der Waals surface area contributed by atoms with E-state index in [2.05, 4.69) is 72.5 Å². The molecule has 0 saturated carbocycles. The molecule has 5 heteroatoms. The quantitative estimate of drug-likeness (QED) is 0.511. The molecule has 0 atom stereocenters. The molecule has 0 bridgehead atoms. The Morgan fingerprint density at radius 3 is 1.71 bits per heavy atom. The molecular weight excluding hydrogens is 546 g/mol. The Kier molecular flexibility index (Phi) is 10.2. The SMILES string of the molecule is CN1[CH]N(c2cccc(C(C)(C)C)n2)C=C1.C[C]1C(C)=C(C)C(C)=C1C.[Cl-].[Ir]. The first-order valence-corrected chi connectivity index (χ1v) is 9.23. The molecule has 157 valence electrons. The van der Waals surface area contributed by atoms with Gasteiger partial charge in [-0.05, 0) is 51.0 Å². The normalized spacial score (nSPS) is 16.8. The Bertz CT molecular complexity index is 735. The number of allylic oxidation sites excluding steroid dienone is 4. The molecule has 1 aliphatic carbocycles. The van der Waals surface area contributed by atoms with E-state index >= 15 is 0 Å². The van der Waals surface area contributed by atoms with Gasteiger partial charge < -0.3 is 22.2 Å². The van der Waals surface area contributed by atoms with Gasteiger partial charge in [0.1, 0.15) is 12.5 Å². The average molecular weight is 579 g/mol. The van der Waals surface area contributed by atoms with Gasteiger partial charge in [0.2, 0.25) is 0 Å². The molecule has 1 aromatic rings. The van der Waals surface area contributed by atoms with Crippen molar-refractivity contribution in [2.75, 3.05) is 11.9 Å². The molecule has 2 aliphatic rings. The van der Waals surface area contributed by atoms with E-state index in [0.717, 1.165) is 11.5 Å². The number of pyridine rings is 1. The van der Waals surface area contributed by atoms with E-state index in [1.165, 1.54) is 28.2 Å². The van der Waals surface area contributed by atoms with Crippen molar-refractivity contribution in [3.05, 3.63) is 71.2 Å². The summed E-state index contributed by atoms with van der Waals surface area (Å²) >= 11 is 0. The fraction of sp³-hybridized carbons (Fsp3) is 0.435. The molecule has 2 heterocycles. The van der Waals surface area contributed by atoms with Crippen molar-refractivity contribution in [3.8, 4) is 0 Å². The van der Waals surface area contributed by atoms with E-state index in [-0.39, 0.29) is 37.9 Å². The van der Waals surface area contributed by atoms with Crippen LogP contribution in [0.15, 0.2) is 52.9 Å². The average Bonchev–Trinajstić information content (AvgIpc) is 3.10. The minimum atomic E-state index is 0. The fourth-order valence-corrected chi connectivity index (χ4v) is 2.98. The summed E-state index contributed by atoms with van der Waals surface area (Å²) in [4.78, 5) is 8.71. The molecule has 0 unspecified atom stereocenters. The van der Waals surface area contributed by atoms with Crippen LogP contribution in [0.4, 0.5) is 5.82 Å². The molecular formula is C23H33ClIrN3-. The minimum Gasteiger partial charge on any atom is -1.00 e. The van der Waals surface area contributed by atoms with Gasteiger partial charge in [0.05, 0.1) is 0 Å². The number of aromatic nitrogens is 1. The van der Waals surface area contributed by atoms with Crippen LogP contribution in [0.2, 0.25) is 0 Å². The van der Waals surface area contributed by atoms with Crippen molar-refractivity contribution < 1.29 is 32.5 Å². The summed E-state index contributed by atoms with van der Waals surface area (Å²) in [5.41, 5.74) is 7.07. The summed E-state index contributed by atoms with van der Waals surface area (Å²) < 4.78 is 0. The zero-order chi connectivity index (χ0) is 19.6. The number of hydrogen-bond donors (Lipinski definition) is 0. The summed E-state index contributed by atoms with van der Waals surface area (Å²) in [5, 5.41) is 0. The second kappa shape index (κ2) is 10.6. The Morgan fingerprint density at radius 2 is 1.36 bits per heavy atom. The molecule has 0 fully saturated rings. The van der Waals surface area contributed by atoms with E-state index in [9.17, 15) is 0 Å². The van der Waals surface area contributed by atoms with Gasteiger partial charge in [-0.2, -0.15) is 0 Å². The Morgan fingerprint density at radius 1 is 0.821 bits per heavy atom. The third-order valence-corrected chi connectivity index (χ3v) is 5.35. The van der Waals surface area contributed by atoms with Gasteiger partial charge >= 0.3 is 0 Å². The van der Waals surface area contributed by atoms with Crippen molar-refractivity contribution in [1.29, 1.82) is 0 Å². The zero-order valence-corrected chi connectivity index (χ0v) is 21.7. The molecule has 1 aliphatic heterocycles. The van der Waals surface area contributed by atoms with Crippen LogP contribution in [0.1, 0.15) is 61.1 Å². The number of anilines is 1. The third kappa shape index (κ3) is 6.20. The standard InChI is InChI=1S/C13H18N3.C10H15.ClH.Ir/c1-13(2,3)11-6-5-7-12(14-11)16-9-8-15(4)10-16;1-6-7(2)9(4)10(5)8(6)3;;/h5-10H,1-4H3;1-5H3;1H;/p-1. The molecule has 0 amide bonds. The van der Waals surface area contributed by atoms with Crippen LogP contribution in [0.5, 0.6) is 0 Å². The molecule has 0 aromatic carbocycles. The molecule has 28 heavy (non-hydrogen) atoms. The van der Waals surface area contributed by atoms with Gasteiger partial charge in [-0.25, -0.2) is 4.98 Å². The maximum absolute atomic E-state index is 4.68. The Balaban J connectivity index is 0.000000532. The predicted molar refractivity (Wildman–Crippen MR) is 112 cm³/mol. The second-order valence-electron chi connectivity index (χ2n) is 8.24. The van der Waals surface area contributed by atoms with Crippen LogP contribution in [0.3, 0.4) is 0 Å². The van der Waals surface area contributed by atoms with Crippen molar-refractivity contribution in [1.82, 2.24) is 9.88 Å². The molecule has 3 nitrogen and oxygen atoms in total. The van der Waals surface area contributed by atoms with Gasteiger partial charge in [0, 0.05) is 56.6 Å². The van der Waals surface area contributed by atoms with Crippen molar-refractivity contribution in [2.24, 2.45) is 0 Å². The minimum absolute atomic E-state index is 0. The third-order valence-electron chi connectivity index (χ3n) is 5.35. The van der Waals surface area contributed by atoms with Crippen LogP contribution >= 0.6 is 0 Å².